The molecule has 1 fully saturated rings. The normalized spacial score (nSPS) is 18.3. The van der Waals surface area contributed by atoms with Crippen molar-refractivity contribution in [2.75, 3.05) is 6.61 Å². The second-order valence-electron chi connectivity index (χ2n) is 10.2. The van der Waals surface area contributed by atoms with Crippen LogP contribution >= 0.6 is 0 Å². The van der Waals surface area contributed by atoms with Crippen molar-refractivity contribution in [1.82, 2.24) is 0 Å². The summed E-state index contributed by atoms with van der Waals surface area (Å²) in [5.41, 5.74) is 1.31. The van der Waals surface area contributed by atoms with E-state index >= 15 is 0 Å². The summed E-state index contributed by atoms with van der Waals surface area (Å²) < 4.78 is 67.5. The number of halogens is 4. The van der Waals surface area contributed by atoms with Gasteiger partial charge in [-0.05, 0) is 66.8 Å². The van der Waals surface area contributed by atoms with Crippen LogP contribution in [0.3, 0.4) is 0 Å². The molecular weight excluding hydrogens is 468 g/mol. The highest BCUT2D eigenvalue weighted by molar-refractivity contribution is 5.32. The Balaban J connectivity index is 1.49. The average Bonchev–Trinajstić information content (AvgIpc) is 2.87. The van der Waals surface area contributed by atoms with Crippen LogP contribution in [0.15, 0.2) is 36.4 Å². The van der Waals surface area contributed by atoms with Crippen LogP contribution < -0.4 is 9.47 Å². The maximum atomic E-state index is 14.6. The topological polar surface area (TPSA) is 18.5 Å². The largest absolute Gasteiger partial charge is 0.483 e. The van der Waals surface area contributed by atoms with Gasteiger partial charge in [0.25, 0.3) is 0 Å². The summed E-state index contributed by atoms with van der Waals surface area (Å²) in [6.07, 6.45) is 8.70. The standard InChI is InChI=1S/C30H40F4O2/c1-3-5-6-8-23-14-18-26(19-15-23)35-21-30(33,34)36-27-20-17-25(28(31)29(27)32)16-13-24-11-9-22(7-4-2)10-12-24/h14-15,17-20,22,24H,3-13,16,21H2,1-2H3. The van der Waals surface area contributed by atoms with E-state index in [9.17, 15) is 17.6 Å². The fourth-order valence-corrected chi connectivity index (χ4v) is 5.11. The first-order valence-corrected chi connectivity index (χ1v) is 13.6. The molecule has 0 radical (unpaired) electrons. The van der Waals surface area contributed by atoms with Crippen LogP contribution in [-0.4, -0.2) is 12.7 Å². The first-order chi connectivity index (χ1) is 17.3. The van der Waals surface area contributed by atoms with Crippen molar-refractivity contribution < 1.29 is 27.0 Å². The molecule has 0 amide bonds. The van der Waals surface area contributed by atoms with Gasteiger partial charge in [-0.3, -0.25) is 0 Å². The van der Waals surface area contributed by atoms with Gasteiger partial charge in [0.05, 0.1) is 0 Å². The minimum atomic E-state index is -3.81. The smallest absolute Gasteiger partial charge is 0.433 e. The Bertz CT molecular complexity index is 921. The molecule has 1 aliphatic carbocycles. The molecule has 0 aromatic heterocycles. The minimum absolute atomic E-state index is 0.203. The number of aryl methyl sites for hydroxylation is 2. The van der Waals surface area contributed by atoms with E-state index in [-0.39, 0.29) is 11.3 Å². The molecule has 0 spiro atoms. The molecule has 2 nitrogen and oxygen atoms in total. The highest BCUT2D eigenvalue weighted by Crippen LogP contribution is 2.35. The van der Waals surface area contributed by atoms with Crippen LogP contribution in [0, 0.1) is 23.5 Å². The van der Waals surface area contributed by atoms with E-state index in [4.69, 9.17) is 4.74 Å². The summed E-state index contributed by atoms with van der Waals surface area (Å²) in [4.78, 5) is 0. The lowest BCUT2D eigenvalue weighted by Crippen LogP contribution is -2.33. The third-order valence-electron chi connectivity index (χ3n) is 7.27. The highest BCUT2D eigenvalue weighted by Gasteiger charge is 2.35. The van der Waals surface area contributed by atoms with Gasteiger partial charge in [-0.25, -0.2) is 4.39 Å². The second-order valence-corrected chi connectivity index (χ2v) is 10.2. The number of unbranched alkanes of at least 4 members (excludes halogenated alkanes) is 2. The molecule has 2 aromatic rings. The number of hydrogen-bond acceptors (Lipinski definition) is 2. The number of benzene rings is 2. The van der Waals surface area contributed by atoms with Gasteiger partial charge in [-0.15, -0.1) is 0 Å². The molecule has 0 atom stereocenters. The van der Waals surface area contributed by atoms with Crippen molar-refractivity contribution in [3.63, 3.8) is 0 Å². The third-order valence-corrected chi connectivity index (χ3v) is 7.27. The van der Waals surface area contributed by atoms with Gasteiger partial charge in [-0.1, -0.05) is 83.4 Å². The van der Waals surface area contributed by atoms with Crippen LogP contribution in [0.2, 0.25) is 0 Å². The molecule has 6 heteroatoms. The van der Waals surface area contributed by atoms with Gasteiger partial charge in [0.2, 0.25) is 5.82 Å². The molecule has 0 aliphatic heterocycles. The summed E-state index contributed by atoms with van der Waals surface area (Å²) in [7, 11) is 0. The second kappa shape index (κ2) is 13.9. The van der Waals surface area contributed by atoms with E-state index in [2.05, 4.69) is 18.6 Å². The van der Waals surface area contributed by atoms with Gasteiger partial charge >= 0.3 is 6.11 Å². The molecule has 3 rings (SSSR count). The lowest BCUT2D eigenvalue weighted by Gasteiger charge is -2.28. The monoisotopic (exact) mass is 508 g/mol. The number of ether oxygens (including phenoxy) is 2. The van der Waals surface area contributed by atoms with Crippen LogP contribution in [0.1, 0.15) is 89.2 Å². The molecule has 0 saturated heterocycles. The molecule has 2 aromatic carbocycles. The Morgan fingerprint density at radius 1 is 0.778 bits per heavy atom. The molecule has 36 heavy (non-hydrogen) atoms. The zero-order valence-corrected chi connectivity index (χ0v) is 21.6. The van der Waals surface area contributed by atoms with Gasteiger partial charge < -0.3 is 9.47 Å². The van der Waals surface area contributed by atoms with Crippen molar-refractivity contribution in [2.45, 2.75) is 97.0 Å². The fraction of sp³-hybridized carbons (Fsp3) is 0.600. The van der Waals surface area contributed by atoms with Crippen molar-refractivity contribution in [3.8, 4) is 11.5 Å². The SMILES string of the molecule is CCCCCc1ccc(OCC(F)(F)Oc2ccc(CCC3CCC(CCC)CC3)c(F)c2F)cc1. The summed E-state index contributed by atoms with van der Waals surface area (Å²) in [6.45, 7) is 3.23. The molecule has 0 unspecified atom stereocenters. The molecule has 0 bridgehead atoms. The predicted octanol–water partition coefficient (Wildman–Crippen LogP) is 9.29. The fourth-order valence-electron chi connectivity index (χ4n) is 5.11. The Labute approximate surface area is 213 Å². The lowest BCUT2D eigenvalue weighted by molar-refractivity contribution is -0.196. The lowest BCUT2D eigenvalue weighted by atomic mass is 9.78. The number of hydrogen-bond donors (Lipinski definition) is 0. The van der Waals surface area contributed by atoms with E-state index in [0.717, 1.165) is 62.5 Å². The Morgan fingerprint density at radius 3 is 2.08 bits per heavy atom. The first kappa shape index (κ1) is 28.3. The van der Waals surface area contributed by atoms with Crippen LogP contribution in [0.4, 0.5) is 17.6 Å². The van der Waals surface area contributed by atoms with E-state index in [1.165, 1.54) is 31.7 Å². The van der Waals surface area contributed by atoms with E-state index in [1.807, 2.05) is 12.1 Å². The predicted molar refractivity (Wildman–Crippen MR) is 136 cm³/mol. The zero-order valence-electron chi connectivity index (χ0n) is 21.6. The highest BCUT2D eigenvalue weighted by atomic mass is 19.3. The Morgan fingerprint density at radius 2 is 1.44 bits per heavy atom. The molecule has 0 N–H and O–H groups in total. The van der Waals surface area contributed by atoms with Crippen LogP contribution in [0.5, 0.6) is 11.5 Å². The maximum Gasteiger partial charge on any atom is 0.433 e. The summed E-state index contributed by atoms with van der Waals surface area (Å²) >= 11 is 0. The Hall–Kier alpha value is -2.24. The molecule has 1 aliphatic rings. The van der Waals surface area contributed by atoms with Gasteiger partial charge in [0, 0.05) is 0 Å². The zero-order chi connectivity index (χ0) is 26.0. The van der Waals surface area contributed by atoms with Crippen LogP contribution in [-0.2, 0) is 12.8 Å². The van der Waals surface area contributed by atoms with Gasteiger partial charge in [0.15, 0.2) is 18.2 Å². The molecule has 1 saturated carbocycles. The summed E-state index contributed by atoms with van der Waals surface area (Å²) in [6, 6.07) is 9.38. The van der Waals surface area contributed by atoms with Crippen molar-refractivity contribution in [2.24, 2.45) is 11.8 Å². The van der Waals surface area contributed by atoms with Gasteiger partial charge in [0.1, 0.15) is 5.75 Å². The quantitative estimate of drug-likeness (QED) is 0.187. The molecule has 200 valence electrons. The van der Waals surface area contributed by atoms with E-state index in [0.29, 0.717) is 12.3 Å². The van der Waals surface area contributed by atoms with Crippen LogP contribution in [0.25, 0.3) is 0 Å². The average molecular weight is 509 g/mol. The van der Waals surface area contributed by atoms with Crippen molar-refractivity contribution in [3.05, 3.63) is 59.2 Å². The summed E-state index contributed by atoms with van der Waals surface area (Å²) in [5, 5.41) is 0. The first-order valence-electron chi connectivity index (χ1n) is 13.6. The van der Waals surface area contributed by atoms with E-state index < -0.39 is 30.1 Å². The minimum Gasteiger partial charge on any atom is -0.483 e. The van der Waals surface area contributed by atoms with Crippen molar-refractivity contribution >= 4 is 0 Å². The Kier molecular flexibility index (Phi) is 10.9. The molecular formula is C30H40F4O2. The molecule has 0 heterocycles. The number of rotatable bonds is 14. The number of alkyl halides is 2. The third kappa shape index (κ3) is 8.70. The maximum absolute atomic E-state index is 14.6. The van der Waals surface area contributed by atoms with E-state index in [1.54, 1.807) is 12.1 Å². The van der Waals surface area contributed by atoms with Gasteiger partial charge in [-0.2, -0.15) is 13.2 Å². The van der Waals surface area contributed by atoms with Crippen molar-refractivity contribution in [1.29, 1.82) is 0 Å². The summed E-state index contributed by atoms with van der Waals surface area (Å²) in [5.74, 6) is -1.74.